The van der Waals surface area contributed by atoms with Gasteiger partial charge in [0.25, 0.3) is 5.91 Å². The molecule has 0 fully saturated rings. The fourth-order valence-corrected chi connectivity index (χ4v) is 3.60. The first-order valence-electron chi connectivity index (χ1n) is 9.07. The summed E-state index contributed by atoms with van der Waals surface area (Å²) < 4.78 is 4.01. The van der Waals surface area contributed by atoms with E-state index in [1.54, 1.807) is 11.1 Å². The van der Waals surface area contributed by atoms with E-state index in [0.29, 0.717) is 18.8 Å². The highest BCUT2D eigenvalue weighted by Gasteiger charge is 2.32. The van der Waals surface area contributed by atoms with Crippen LogP contribution >= 0.6 is 0 Å². The summed E-state index contributed by atoms with van der Waals surface area (Å²) in [5.74, 6) is 0.826. The Kier molecular flexibility index (Phi) is 3.79. The molecule has 1 amide bonds. The molecular weight excluding hydrogens is 352 g/mol. The lowest BCUT2D eigenvalue weighted by Gasteiger charge is -2.17. The number of carbonyl (C=O) groups is 1. The van der Waals surface area contributed by atoms with Gasteiger partial charge in [-0.25, -0.2) is 9.67 Å². The molecule has 0 bridgehead atoms. The summed E-state index contributed by atoms with van der Waals surface area (Å²) in [6.45, 7) is 3.01. The van der Waals surface area contributed by atoms with Crippen LogP contribution < -0.4 is 0 Å². The third kappa shape index (κ3) is 2.68. The normalized spacial score (nSPS) is 13.0. The largest absolute Gasteiger partial charge is 0.327 e. The minimum absolute atomic E-state index is 0.133. The summed E-state index contributed by atoms with van der Waals surface area (Å²) in [6.07, 6.45) is 8.59. The molecule has 0 atom stereocenters. The molecule has 0 saturated carbocycles. The quantitative estimate of drug-likeness (QED) is 0.556. The average molecular weight is 370 g/mol. The molecule has 0 saturated heterocycles. The predicted molar refractivity (Wildman–Crippen MR) is 103 cm³/mol. The van der Waals surface area contributed by atoms with E-state index >= 15 is 0 Å². The summed E-state index contributed by atoms with van der Waals surface area (Å²) in [4.78, 5) is 22.7. The Labute approximate surface area is 161 Å². The van der Waals surface area contributed by atoms with E-state index in [1.165, 1.54) is 18.0 Å². The Morgan fingerprint density at radius 3 is 2.68 bits per heavy atom. The van der Waals surface area contributed by atoms with Crippen molar-refractivity contribution in [3.8, 4) is 11.5 Å². The van der Waals surface area contributed by atoms with Crippen LogP contribution in [0, 0.1) is 6.92 Å². The van der Waals surface area contributed by atoms with E-state index < -0.39 is 0 Å². The van der Waals surface area contributed by atoms with Crippen LogP contribution in [0.2, 0.25) is 0 Å². The molecule has 0 unspecified atom stereocenters. The van der Waals surface area contributed by atoms with Gasteiger partial charge in [-0.15, -0.1) is 0 Å². The number of hydrogen-bond acceptors (Lipinski definition) is 4. The zero-order valence-corrected chi connectivity index (χ0v) is 15.4. The smallest absolute Gasteiger partial charge is 0.274 e. The van der Waals surface area contributed by atoms with Crippen molar-refractivity contribution in [2.24, 2.45) is 0 Å². The average Bonchev–Trinajstić information content (AvgIpc) is 3.44. The van der Waals surface area contributed by atoms with Gasteiger partial charge in [-0.05, 0) is 36.8 Å². The highest BCUT2D eigenvalue weighted by atomic mass is 16.2. The van der Waals surface area contributed by atoms with E-state index in [4.69, 9.17) is 5.10 Å². The summed E-state index contributed by atoms with van der Waals surface area (Å²) >= 11 is 0. The second-order valence-corrected chi connectivity index (χ2v) is 6.84. The zero-order chi connectivity index (χ0) is 19.1. The van der Waals surface area contributed by atoms with Crippen LogP contribution in [0.25, 0.3) is 11.5 Å². The molecule has 28 heavy (non-hydrogen) atoms. The number of fused-ring (bicyclic) bond motifs is 1. The second-order valence-electron chi connectivity index (χ2n) is 6.84. The molecule has 4 aromatic rings. The predicted octanol–water partition coefficient (Wildman–Crippen LogP) is 2.92. The third-order valence-corrected chi connectivity index (χ3v) is 4.89. The Morgan fingerprint density at radius 1 is 1.07 bits per heavy atom. The maximum Gasteiger partial charge on any atom is 0.274 e. The molecule has 0 radical (unpaired) electrons. The van der Waals surface area contributed by atoms with Crippen molar-refractivity contribution in [1.29, 1.82) is 0 Å². The fourth-order valence-electron chi connectivity index (χ4n) is 3.60. The van der Waals surface area contributed by atoms with Crippen LogP contribution in [-0.4, -0.2) is 35.1 Å². The summed E-state index contributed by atoms with van der Waals surface area (Å²) in [5, 5.41) is 4.85. The van der Waals surface area contributed by atoms with Gasteiger partial charge in [0.15, 0.2) is 0 Å². The van der Waals surface area contributed by atoms with Crippen LogP contribution in [0.1, 0.15) is 27.3 Å². The molecule has 0 spiro atoms. The van der Waals surface area contributed by atoms with Gasteiger partial charge in [0.1, 0.15) is 11.5 Å². The van der Waals surface area contributed by atoms with Crippen LogP contribution in [0.5, 0.6) is 0 Å². The standard InChI is InChI=1S/C21H18N6O/c1-15-5-4-6-16(11-15)27-20(25-9-2-3-10-25)17-13-26(14-19(17)24-27)21(28)18-12-22-7-8-23-18/h2-12H,13-14H2,1H3. The first-order valence-corrected chi connectivity index (χ1v) is 9.07. The van der Waals surface area contributed by atoms with Crippen LogP contribution in [0.15, 0.2) is 67.4 Å². The number of amides is 1. The van der Waals surface area contributed by atoms with Crippen molar-refractivity contribution >= 4 is 5.91 Å². The number of aryl methyl sites for hydroxylation is 1. The van der Waals surface area contributed by atoms with Crippen molar-refractivity contribution in [1.82, 2.24) is 29.2 Å². The van der Waals surface area contributed by atoms with E-state index in [9.17, 15) is 4.79 Å². The van der Waals surface area contributed by atoms with Crippen molar-refractivity contribution in [2.45, 2.75) is 20.0 Å². The molecule has 138 valence electrons. The molecule has 0 aliphatic carbocycles. The first-order chi connectivity index (χ1) is 13.7. The molecule has 0 N–H and O–H groups in total. The first kappa shape index (κ1) is 16.4. The van der Waals surface area contributed by atoms with Crippen molar-refractivity contribution < 1.29 is 4.79 Å². The van der Waals surface area contributed by atoms with Gasteiger partial charge in [-0.3, -0.25) is 9.78 Å². The summed E-state index contributed by atoms with van der Waals surface area (Å²) in [5.41, 5.74) is 4.48. The Hall–Kier alpha value is -3.74. The van der Waals surface area contributed by atoms with Crippen LogP contribution in [0.3, 0.4) is 0 Å². The minimum Gasteiger partial charge on any atom is -0.327 e. The van der Waals surface area contributed by atoms with Crippen molar-refractivity contribution in [3.63, 3.8) is 0 Å². The van der Waals surface area contributed by atoms with Gasteiger partial charge in [-0.2, -0.15) is 5.10 Å². The molecule has 1 aromatic carbocycles. The van der Waals surface area contributed by atoms with E-state index in [0.717, 1.165) is 22.8 Å². The Bertz CT molecular complexity index is 1150. The number of nitrogens with zero attached hydrogens (tertiary/aromatic N) is 6. The maximum atomic E-state index is 12.8. The lowest BCUT2D eigenvalue weighted by atomic mass is 10.2. The lowest BCUT2D eigenvalue weighted by Crippen LogP contribution is -2.27. The highest BCUT2D eigenvalue weighted by molar-refractivity contribution is 5.92. The Morgan fingerprint density at radius 2 is 1.93 bits per heavy atom. The number of carbonyl (C=O) groups excluding carboxylic acids is 1. The molecule has 3 aromatic heterocycles. The zero-order valence-electron chi connectivity index (χ0n) is 15.4. The molecule has 4 heterocycles. The van der Waals surface area contributed by atoms with Gasteiger partial charge in [-0.1, -0.05) is 12.1 Å². The van der Waals surface area contributed by atoms with E-state index in [-0.39, 0.29) is 5.91 Å². The SMILES string of the molecule is Cc1cccc(-n2nc3c(c2-n2cccc2)CN(C(=O)c2cnccn2)C3)c1. The molecule has 5 rings (SSSR count). The topological polar surface area (TPSA) is 68.8 Å². The number of benzene rings is 1. The summed E-state index contributed by atoms with van der Waals surface area (Å²) in [7, 11) is 0. The van der Waals surface area contributed by atoms with Gasteiger partial charge in [0.2, 0.25) is 0 Å². The van der Waals surface area contributed by atoms with Crippen molar-refractivity contribution in [3.05, 3.63) is 89.9 Å². The maximum absolute atomic E-state index is 12.8. The Balaban J connectivity index is 1.56. The van der Waals surface area contributed by atoms with Crippen LogP contribution in [0.4, 0.5) is 0 Å². The number of aromatic nitrogens is 5. The van der Waals surface area contributed by atoms with Crippen molar-refractivity contribution in [2.75, 3.05) is 0 Å². The second kappa shape index (κ2) is 6.45. The van der Waals surface area contributed by atoms with Gasteiger partial charge in [0.05, 0.1) is 30.7 Å². The monoisotopic (exact) mass is 370 g/mol. The highest BCUT2D eigenvalue weighted by Crippen LogP contribution is 2.31. The summed E-state index contributed by atoms with van der Waals surface area (Å²) in [6, 6.07) is 12.2. The molecule has 7 nitrogen and oxygen atoms in total. The van der Waals surface area contributed by atoms with Gasteiger partial charge < -0.3 is 9.47 Å². The lowest BCUT2D eigenvalue weighted by molar-refractivity contribution is 0.0742. The molecule has 7 heteroatoms. The molecular formula is C21H18N6O. The number of hydrogen-bond donors (Lipinski definition) is 0. The fraction of sp³-hybridized carbons (Fsp3) is 0.143. The minimum atomic E-state index is -0.133. The molecule has 1 aliphatic heterocycles. The molecule has 1 aliphatic rings. The van der Waals surface area contributed by atoms with Crippen LogP contribution in [-0.2, 0) is 13.1 Å². The van der Waals surface area contributed by atoms with Gasteiger partial charge in [0, 0.05) is 30.4 Å². The van der Waals surface area contributed by atoms with E-state index in [1.807, 2.05) is 45.9 Å². The van der Waals surface area contributed by atoms with E-state index in [2.05, 4.69) is 29.0 Å². The third-order valence-electron chi connectivity index (χ3n) is 4.89. The number of rotatable bonds is 3. The van der Waals surface area contributed by atoms with Gasteiger partial charge >= 0.3 is 0 Å².